The van der Waals surface area contributed by atoms with Gasteiger partial charge in [-0.05, 0) is 0 Å². The summed E-state index contributed by atoms with van der Waals surface area (Å²) < 4.78 is 38.7. The first kappa shape index (κ1) is 21.1. The SMILES string of the molecule is O=[N+]([O-])c1cc(Cl)c(Nc2c([N+](=O)[O-])cc(C(F)(F)F)cc2[N+](=O)[O-])c(Cl)c1. The van der Waals surface area contributed by atoms with Crippen LogP contribution in [0.2, 0.25) is 10.0 Å². The van der Waals surface area contributed by atoms with Gasteiger partial charge in [0.15, 0.2) is 5.69 Å². The number of halogens is 5. The van der Waals surface area contributed by atoms with E-state index in [4.69, 9.17) is 23.2 Å². The fourth-order valence-corrected chi connectivity index (χ4v) is 2.67. The molecule has 0 unspecified atom stereocenters. The second-order valence-corrected chi connectivity index (χ2v) is 5.88. The average Bonchev–Trinajstić information content (AvgIpc) is 2.55. The van der Waals surface area contributed by atoms with Crippen LogP contribution in [0, 0.1) is 30.3 Å². The van der Waals surface area contributed by atoms with Crippen LogP contribution in [0.3, 0.4) is 0 Å². The lowest BCUT2D eigenvalue weighted by Gasteiger charge is -2.13. The van der Waals surface area contributed by atoms with Gasteiger partial charge in [-0.25, -0.2) is 0 Å². The molecule has 0 aromatic heterocycles. The van der Waals surface area contributed by atoms with E-state index >= 15 is 0 Å². The number of anilines is 2. The first-order chi connectivity index (χ1) is 12.8. The summed E-state index contributed by atoms with van der Waals surface area (Å²) in [6.07, 6.45) is -5.09. The summed E-state index contributed by atoms with van der Waals surface area (Å²) in [4.78, 5) is 29.8. The summed E-state index contributed by atoms with van der Waals surface area (Å²) in [7, 11) is 0. The van der Waals surface area contributed by atoms with Gasteiger partial charge >= 0.3 is 6.18 Å². The molecule has 1 N–H and O–H groups in total. The number of nitrogens with one attached hydrogen (secondary N) is 1. The molecule has 0 heterocycles. The molecule has 15 heteroatoms. The molecule has 28 heavy (non-hydrogen) atoms. The number of rotatable bonds is 5. The summed E-state index contributed by atoms with van der Waals surface area (Å²) in [6, 6.07) is 1.81. The average molecular weight is 441 g/mol. The van der Waals surface area contributed by atoms with Gasteiger partial charge in [-0.2, -0.15) is 13.2 Å². The highest BCUT2D eigenvalue weighted by molar-refractivity contribution is 6.39. The number of alkyl halides is 3. The molecule has 2 aromatic rings. The minimum atomic E-state index is -5.09. The second-order valence-electron chi connectivity index (χ2n) is 5.07. The van der Waals surface area contributed by atoms with Crippen LogP contribution in [0.1, 0.15) is 5.56 Å². The van der Waals surface area contributed by atoms with Crippen molar-refractivity contribution in [1.29, 1.82) is 0 Å². The van der Waals surface area contributed by atoms with Crippen LogP contribution in [0.4, 0.5) is 41.6 Å². The zero-order valence-electron chi connectivity index (χ0n) is 13.0. The van der Waals surface area contributed by atoms with Crippen molar-refractivity contribution in [1.82, 2.24) is 0 Å². The third-order valence-electron chi connectivity index (χ3n) is 3.31. The molecule has 0 saturated heterocycles. The molecule has 0 aliphatic rings. The molecule has 10 nitrogen and oxygen atoms in total. The maximum Gasteiger partial charge on any atom is 0.416 e. The molecule has 0 amide bonds. The van der Waals surface area contributed by atoms with E-state index in [-0.39, 0.29) is 12.1 Å². The van der Waals surface area contributed by atoms with E-state index in [0.717, 1.165) is 12.1 Å². The number of non-ortho nitro benzene ring substituents is 1. The second kappa shape index (κ2) is 7.44. The van der Waals surface area contributed by atoms with E-state index in [0.29, 0.717) is 0 Å². The number of nitro benzene ring substituents is 3. The normalized spacial score (nSPS) is 11.2. The van der Waals surface area contributed by atoms with Crippen molar-refractivity contribution in [2.75, 3.05) is 5.32 Å². The Bertz CT molecular complexity index is 956. The Balaban J connectivity index is 2.74. The van der Waals surface area contributed by atoms with E-state index in [1.165, 1.54) is 0 Å². The predicted octanol–water partition coefficient (Wildman–Crippen LogP) is 5.48. The van der Waals surface area contributed by atoms with Crippen LogP contribution in [-0.4, -0.2) is 14.8 Å². The lowest BCUT2D eigenvalue weighted by atomic mass is 10.1. The van der Waals surface area contributed by atoms with Gasteiger partial charge in [-0.1, -0.05) is 23.2 Å². The number of nitrogens with zero attached hydrogens (tertiary/aromatic N) is 3. The summed E-state index contributed by atoms with van der Waals surface area (Å²) in [6.45, 7) is 0. The van der Waals surface area contributed by atoms with E-state index in [9.17, 15) is 43.5 Å². The summed E-state index contributed by atoms with van der Waals surface area (Å²) in [5, 5.41) is 34.4. The molecule has 0 saturated carbocycles. The number of hydrogen-bond acceptors (Lipinski definition) is 7. The van der Waals surface area contributed by atoms with E-state index < -0.39 is 65.0 Å². The number of benzene rings is 2. The Labute approximate surface area is 161 Å². The molecule has 0 aliphatic heterocycles. The van der Waals surface area contributed by atoms with E-state index in [1.54, 1.807) is 0 Å². The van der Waals surface area contributed by atoms with Crippen molar-refractivity contribution in [3.8, 4) is 0 Å². The van der Waals surface area contributed by atoms with Crippen LogP contribution in [-0.2, 0) is 6.18 Å². The molecule has 0 spiro atoms. The predicted molar refractivity (Wildman–Crippen MR) is 91.2 cm³/mol. The van der Waals surface area contributed by atoms with Gasteiger partial charge in [-0.15, -0.1) is 0 Å². The van der Waals surface area contributed by atoms with Crippen LogP contribution < -0.4 is 5.32 Å². The smallest absolute Gasteiger partial charge is 0.342 e. The Kier molecular flexibility index (Phi) is 5.61. The van der Waals surface area contributed by atoms with Gasteiger partial charge in [0.05, 0.1) is 36.1 Å². The largest absolute Gasteiger partial charge is 0.416 e. The molecule has 0 bridgehead atoms. The highest BCUT2D eigenvalue weighted by atomic mass is 35.5. The highest BCUT2D eigenvalue weighted by Crippen LogP contribution is 2.45. The van der Waals surface area contributed by atoms with E-state index in [2.05, 4.69) is 5.32 Å². The van der Waals surface area contributed by atoms with E-state index in [1.807, 2.05) is 0 Å². The summed E-state index contributed by atoms with van der Waals surface area (Å²) >= 11 is 11.7. The van der Waals surface area contributed by atoms with Crippen LogP contribution >= 0.6 is 23.2 Å². The molecule has 0 fully saturated rings. The minimum absolute atomic E-state index is 0.0997. The lowest BCUT2D eigenvalue weighted by Crippen LogP contribution is -2.09. The Morgan fingerprint density at radius 2 is 1.21 bits per heavy atom. The van der Waals surface area contributed by atoms with Gasteiger partial charge in [0.25, 0.3) is 17.1 Å². The number of hydrogen-bond donors (Lipinski definition) is 1. The fraction of sp³-hybridized carbons (Fsp3) is 0.0769. The first-order valence-electron chi connectivity index (χ1n) is 6.77. The molecule has 0 radical (unpaired) electrons. The molecule has 2 rings (SSSR count). The van der Waals surface area contributed by atoms with Crippen molar-refractivity contribution < 1.29 is 27.9 Å². The van der Waals surface area contributed by atoms with Crippen LogP contribution in [0.25, 0.3) is 0 Å². The third kappa shape index (κ3) is 4.20. The standard InChI is InChI=1S/C13H5Cl2F3N4O6/c14-7-3-6(20(23)24)4-8(15)11(7)19-12-9(21(25)26)1-5(13(16,17)18)2-10(12)22(27)28/h1-4,19H. The van der Waals surface area contributed by atoms with Crippen LogP contribution in [0.5, 0.6) is 0 Å². The highest BCUT2D eigenvalue weighted by Gasteiger charge is 2.38. The van der Waals surface area contributed by atoms with Crippen molar-refractivity contribution >= 4 is 51.6 Å². The molecule has 0 atom stereocenters. The zero-order chi connectivity index (χ0) is 21.4. The van der Waals surface area contributed by atoms with Gasteiger partial charge in [0.1, 0.15) is 0 Å². The quantitative estimate of drug-likeness (QED) is 0.478. The lowest BCUT2D eigenvalue weighted by molar-refractivity contribution is -0.392. The summed E-state index contributed by atoms with van der Waals surface area (Å²) in [5.74, 6) is 0. The molecule has 0 aliphatic carbocycles. The monoisotopic (exact) mass is 440 g/mol. The molecular weight excluding hydrogens is 436 g/mol. The maximum atomic E-state index is 12.9. The Morgan fingerprint density at radius 1 is 0.786 bits per heavy atom. The first-order valence-corrected chi connectivity index (χ1v) is 7.53. The minimum Gasteiger partial charge on any atom is -0.342 e. The van der Waals surface area contributed by atoms with Crippen molar-refractivity contribution in [3.05, 3.63) is 70.2 Å². The van der Waals surface area contributed by atoms with Gasteiger partial charge in [0.2, 0.25) is 0 Å². The Hall–Kier alpha value is -3.19. The zero-order valence-corrected chi connectivity index (χ0v) is 14.5. The van der Waals surface area contributed by atoms with Crippen molar-refractivity contribution in [3.63, 3.8) is 0 Å². The van der Waals surface area contributed by atoms with Crippen LogP contribution in [0.15, 0.2) is 24.3 Å². The summed E-state index contributed by atoms with van der Waals surface area (Å²) in [5.41, 5.74) is -6.03. The van der Waals surface area contributed by atoms with Crippen molar-refractivity contribution in [2.45, 2.75) is 6.18 Å². The molecule has 2 aromatic carbocycles. The maximum absolute atomic E-state index is 12.9. The van der Waals surface area contributed by atoms with Gasteiger partial charge in [0, 0.05) is 24.3 Å². The Morgan fingerprint density at radius 3 is 1.54 bits per heavy atom. The fourth-order valence-electron chi connectivity index (χ4n) is 2.10. The third-order valence-corrected chi connectivity index (χ3v) is 3.90. The molecule has 148 valence electrons. The van der Waals surface area contributed by atoms with Gasteiger partial charge in [-0.3, -0.25) is 30.3 Å². The number of nitro groups is 3. The van der Waals surface area contributed by atoms with Gasteiger partial charge < -0.3 is 5.32 Å². The topological polar surface area (TPSA) is 141 Å². The molecular formula is C13H5Cl2F3N4O6. The van der Waals surface area contributed by atoms with Crippen molar-refractivity contribution in [2.24, 2.45) is 0 Å².